The molecule has 0 aliphatic carbocycles. The maximum Gasteiger partial charge on any atom is 0.383 e. The zero-order chi connectivity index (χ0) is 53.0. The summed E-state index contributed by atoms with van der Waals surface area (Å²) >= 11 is 0. The number of methoxy groups -OCH3 is 1. The number of rotatable bonds is 10. The number of carbonyl (C=O) groups excluding carboxylic acids is 4. The Kier molecular flexibility index (Phi) is 17.3. The zero-order valence-electron chi connectivity index (χ0n) is 42.9. The van der Waals surface area contributed by atoms with Crippen molar-refractivity contribution in [3.63, 3.8) is 0 Å². The molecule has 1 saturated heterocycles. The number of hydrogen-bond acceptors (Lipinski definition) is 16. The summed E-state index contributed by atoms with van der Waals surface area (Å²) in [7, 11) is 5.13. The molecule has 0 unspecified atom stereocenters. The molecule has 2 aromatic carbocycles. The molecular formula is C54H70N6O12. The number of benzene rings is 2. The number of piperidine rings is 1. The maximum absolute atomic E-state index is 15.0. The van der Waals surface area contributed by atoms with Gasteiger partial charge in [-0.05, 0) is 58.8 Å². The molecule has 6 N–H and O–H groups in total. The topological polar surface area (TPSA) is 241 Å². The minimum absolute atomic E-state index is 0.0219. The number of ether oxygens (including phenoxy) is 4. The number of aliphatic hydroxyl groups excluding tert-OH is 2. The van der Waals surface area contributed by atoms with E-state index in [9.17, 15) is 34.8 Å². The molecule has 388 valence electrons. The molecular weight excluding hydrogens is 925 g/mol. The van der Waals surface area contributed by atoms with Crippen molar-refractivity contribution in [3.8, 4) is 41.9 Å². The van der Waals surface area contributed by atoms with Crippen molar-refractivity contribution in [3.05, 3.63) is 58.0 Å². The van der Waals surface area contributed by atoms with Crippen LogP contribution in [0, 0.1) is 61.2 Å². The Hall–Kier alpha value is -6.28. The molecule has 0 aromatic heterocycles. The summed E-state index contributed by atoms with van der Waals surface area (Å²) in [5, 5.41) is 53.6. The predicted molar refractivity (Wildman–Crippen MR) is 269 cm³/mol. The van der Waals surface area contributed by atoms with Crippen LogP contribution in [0.4, 0.5) is 5.69 Å². The SMILES string of the molecule is C#C[C@H]1[C@@H](OC(=O)CC(=O)NCCCN(C)C)[C@H](C)[C@H](O)[C@H](C)[C@@H](O)[C@@H](C)/C=C/C=C(/C)C(=O)N=c2c(O)c3c(O)c(C)c4c(c3c3c2=NC2(CCN(CC(C)C)CC2)N3)C(=O)[C@@](C#C)(O/C=C/[C@@H]1OC)O4. The van der Waals surface area contributed by atoms with Crippen molar-refractivity contribution < 1.29 is 58.6 Å². The van der Waals surface area contributed by atoms with Crippen LogP contribution in [0.5, 0.6) is 17.2 Å². The molecule has 2 aromatic rings. The molecule has 4 aliphatic rings. The van der Waals surface area contributed by atoms with Crippen LogP contribution in [0.2, 0.25) is 0 Å². The van der Waals surface area contributed by atoms with Gasteiger partial charge in [0.05, 0.1) is 47.1 Å². The lowest BCUT2D eigenvalue weighted by atomic mass is 9.78. The van der Waals surface area contributed by atoms with Gasteiger partial charge in [0.15, 0.2) is 5.75 Å². The van der Waals surface area contributed by atoms with E-state index in [-0.39, 0.29) is 49.6 Å². The second-order valence-corrected chi connectivity index (χ2v) is 20.2. The molecule has 2 amide bonds. The van der Waals surface area contributed by atoms with Gasteiger partial charge in [-0.25, -0.2) is 4.99 Å². The minimum atomic E-state index is -2.49. The van der Waals surface area contributed by atoms with Crippen LogP contribution in [-0.4, -0.2) is 144 Å². The number of fused-ring (bicyclic) bond motifs is 1. The fourth-order valence-electron chi connectivity index (χ4n) is 9.92. The van der Waals surface area contributed by atoms with Crippen LogP contribution in [0.1, 0.15) is 83.1 Å². The number of carbonyl (C=O) groups is 4. The number of likely N-dealkylation sites (tertiary alicyclic amines) is 1. The number of aliphatic hydroxyl groups is 2. The van der Waals surface area contributed by atoms with Gasteiger partial charge in [0, 0.05) is 80.4 Å². The lowest BCUT2D eigenvalue weighted by Gasteiger charge is -2.38. The average molecular weight is 995 g/mol. The number of nitrogens with zero attached hydrogens (tertiary/aromatic N) is 4. The molecule has 9 atom stereocenters. The number of aromatic hydroxyl groups is 2. The van der Waals surface area contributed by atoms with Crippen LogP contribution in [0.15, 0.2) is 46.1 Å². The van der Waals surface area contributed by atoms with Gasteiger partial charge in [-0.15, -0.1) is 12.8 Å². The Labute approximate surface area is 421 Å². The maximum atomic E-state index is 15.0. The van der Waals surface area contributed by atoms with E-state index in [2.05, 4.69) is 46.2 Å². The molecule has 4 heterocycles. The molecule has 72 heavy (non-hydrogen) atoms. The van der Waals surface area contributed by atoms with Gasteiger partial charge in [0.2, 0.25) is 5.91 Å². The summed E-state index contributed by atoms with van der Waals surface area (Å²) in [5.41, 5.74) is -0.682. The van der Waals surface area contributed by atoms with Gasteiger partial charge >= 0.3 is 11.8 Å². The number of terminal acetylenes is 2. The van der Waals surface area contributed by atoms with Crippen LogP contribution in [0.25, 0.3) is 10.8 Å². The van der Waals surface area contributed by atoms with E-state index < -0.39 is 101 Å². The third-order valence-corrected chi connectivity index (χ3v) is 14.1. The zero-order valence-corrected chi connectivity index (χ0v) is 42.9. The molecule has 0 saturated carbocycles. The number of Topliss-reactive ketones (excluding diaryl/α,β-unsaturated/α-hetero) is 1. The van der Waals surface area contributed by atoms with Crippen molar-refractivity contribution in [1.29, 1.82) is 0 Å². The Morgan fingerprint density at radius 2 is 1.72 bits per heavy atom. The third-order valence-electron chi connectivity index (χ3n) is 14.1. The van der Waals surface area contributed by atoms with Gasteiger partial charge in [-0.1, -0.05) is 58.8 Å². The molecule has 4 aliphatic heterocycles. The number of hydrogen-bond donors (Lipinski definition) is 6. The van der Waals surface area contributed by atoms with Crippen LogP contribution >= 0.6 is 0 Å². The minimum Gasteiger partial charge on any atom is -0.507 e. The molecule has 1 spiro atoms. The van der Waals surface area contributed by atoms with Gasteiger partial charge in [-0.2, -0.15) is 0 Å². The molecule has 4 bridgehead atoms. The Balaban J connectivity index is 1.49. The van der Waals surface area contributed by atoms with E-state index in [4.69, 9.17) is 36.8 Å². The van der Waals surface area contributed by atoms with Crippen LogP contribution in [-0.2, 0) is 28.6 Å². The lowest BCUT2D eigenvalue weighted by Crippen LogP contribution is -2.47. The second kappa shape index (κ2) is 22.6. The normalized spacial score (nSPS) is 29.2. The summed E-state index contributed by atoms with van der Waals surface area (Å²) in [6.45, 7) is 15.4. The van der Waals surface area contributed by atoms with Crippen molar-refractivity contribution in [2.45, 2.75) is 110 Å². The van der Waals surface area contributed by atoms with Gasteiger partial charge in [0.1, 0.15) is 40.4 Å². The fourth-order valence-corrected chi connectivity index (χ4v) is 9.92. The number of nitrogens with one attached hydrogen (secondary N) is 2. The quantitative estimate of drug-likeness (QED) is 0.0658. The van der Waals surface area contributed by atoms with Crippen molar-refractivity contribution in [2.75, 3.05) is 59.2 Å². The highest BCUT2D eigenvalue weighted by molar-refractivity contribution is 6.22. The van der Waals surface area contributed by atoms with Crippen LogP contribution in [0.3, 0.4) is 0 Å². The largest absolute Gasteiger partial charge is 0.507 e. The first kappa shape index (κ1) is 55.0. The first-order chi connectivity index (χ1) is 34.0. The first-order valence-electron chi connectivity index (χ1n) is 24.5. The third kappa shape index (κ3) is 11.2. The summed E-state index contributed by atoms with van der Waals surface area (Å²) in [6, 6.07) is 0. The van der Waals surface area contributed by atoms with Gasteiger partial charge in [-0.3, -0.25) is 24.2 Å². The van der Waals surface area contributed by atoms with Crippen molar-refractivity contribution >= 4 is 40.0 Å². The number of anilines is 1. The average Bonchev–Trinajstić information content (AvgIpc) is 3.86. The monoisotopic (exact) mass is 995 g/mol. The fraction of sp³-hybridized carbons (Fsp3) is 0.556. The Bertz CT molecular complexity index is 2750. The second-order valence-electron chi connectivity index (χ2n) is 20.2. The number of phenolic OH excluding ortho intramolecular Hbond substituents is 2. The molecule has 1 fully saturated rings. The molecule has 0 radical (unpaired) electrons. The number of ketones is 1. The number of allylic oxidation sites excluding steroid dienone is 2. The summed E-state index contributed by atoms with van der Waals surface area (Å²) < 4.78 is 24.1. The highest BCUT2D eigenvalue weighted by Gasteiger charge is 2.53. The van der Waals surface area contributed by atoms with E-state index in [0.717, 1.165) is 12.8 Å². The highest BCUT2D eigenvalue weighted by Crippen LogP contribution is 2.51. The Morgan fingerprint density at radius 1 is 1.03 bits per heavy atom. The van der Waals surface area contributed by atoms with Crippen LogP contribution < -0.4 is 26.1 Å². The van der Waals surface area contributed by atoms with E-state index >= 15 is 4.79 Å². The molecule has 18 heteroatoms. The standard InChI is InChI=1S/C54H70N6O12/c1-13-35-36(69-12)19-26-70-54(14-2)51(67)41-39-40(47(65)34(9)50(41)72-54)48(66)44(43-42(39)57-53(58-43)20-24-60(25-21-53)28-29(3)4)56-52(68)31(6)18-15-17-30(5)45(63)32(7)46(64)33(8)49(35)71-38(62)27-37(61)55-22-16-23-59(10)11/h1-2,15,17-19,26,29-30,32-33,35-36,45-46,49,57,63-66H,16,20-25,27-28H2,3-12H3,(H,55,61)/b17-15+,26-19+,31-18-,56-44?/t30-,32+,33+,35+,36-,45-,46+,49-,54-/m0/s1. The summed E-state index contributed by atoms with van der Waals surface area (Å²) in [5.74, 6) is -5.10. The van der Waals surface area contributed by atoms with E-state index in [1.165, 1.54) is 33.1 Å². The van der Waals surface area contributed by atoms with Gasteiger partial charge in [0.25, 0.3) is 11.7 Å². The molecule has 6 rings (SSSR count). The molecule has 18 nitrogen and oxygen atoms in total. The number of phenols is 2. The first-order valence-corrected chi connectivity index (χ1v) is 24.5. The number of esters is 1. The predicted octanol–water partition coefficient (Wildman–Crippen LogP) is 3.41. The number of amides is 2. The van der Waals surface area contributed by atoms with E-state index in [1.54, 1.807) is 32.9 Å². The highest BCUT2D eigenvalue weighted by atomic mass is 16.7. The smallest absolute Gasteiger partial charge is 0.383 e. The van der Waals surface area contributed by atoms with Gasteiger partial charge < -0.3 is 59.8 Å². The van der Waals surface area contributed by atoms with E-state index in [0.29, 0.717) is 51.4 Å². The summed E-state index contributed by atoms with van der Waals surface area (Å²) in [6.07, 6.45) is 15.3. The van der Waals surface area contributed by atoms with Crippen molar-refractivity contribution in [1.82, 2.24) is 15.1 Å². The summed E-state index contributed by atoms with van der Waals surface area (Å²) in [4.78, 5) is 69.2. The van der Waals surface area contributed by atoms with Crippen molar-refractivity contribution in [2.24, 2.45) is 39.6 Å². The Morgan fingerprint density at radius 3 is 2.35 bits per heavy atom. The lowest BCUT2D eigenvalue weighted by molar-refractivity contribution is -0.162. The van der Waals surface area contributed by atoms with E-state index in [1.807, 2.05) is 19.0 Å².